The van der Waals surface area contributed by atoms with E-state index in [1.807, 2.05) is 6.92 Å². The number of anilines is 1. The Morgan fingerprint density at radius 3 is 2.64 bits per heavy atom. The molecule has 0 aliphatic carbocycles. The molecule has 1 amide bonds. The van der Waals surface area contributed by atoms with Gasteiger partial charge in [0.05, 0.1) is 17.2 Å². The highest BCUT2D eigenvalue weighted by Crippen LogP contribution is 2.36. The largest absolute Gasteiger partial charge is 0.493 e. The average molecular weight is 370 g/mol. The molecule has 0 radical (unpaired) electrons. The molecule has 0 atom stereocenters. The van der Waals surface area contributed by atoms with Gasteiger partial charge in [0.2, 0.25) is 5.91 Å². The van der Waals surface area contributed by atoms with Crippen LogP contribution >= 0.6 is 11.6 Å². The summed E-state index contributed by atoms with van der Waals surface area (Å²) < 4.78 is 43.9. The number of para-hydroxylation sites is 1. The molecule has 0 saturated heterocycles. The lowest BCUT2D eigenvalue weighted by Crippen LogP contribution is -2.11. The monoisotopic (exact) mass is 369 g/mol. The topological polar surface area (TPSA) is 38.3 Å². The molecule has 0 spiro atoms. The normalized spacial score (nSPS) is 11.6. The number of carbonyl (C=O) groups excluding carboxylic acids is 1. The van der Waals surface area contributed by atoms with Crippen molar-refractivity contribution in [3.05, 3.63) is 64.7 Å². The Hall–Kier alpha value is -2.47. The van der Waals surface area contributed by atoms with Gasteiger partial charge in [0.1, 0.15) is 5.75 Å². The summed E-state index contributed by atoms with van der Waals surface area (Å²) in [5.41, 5.74) is -0.311. The zero-order chi connectivity index (χ0) is 18.4. The Morgan fingerprint density at radius 2 is 1.96 bits per heavy atom. The molecule has 0 heterocycles. The maximum atomic E-state index is 12.8. The van der Waals surface area contributed by atoms with Crippen molar-refractivity contribution in [3.63, 3.8) is 0 Å². The number of nitrogens with one attached hydrogen (secondary N) is 1. The van der Waals surface area contributed by atoms with E-state index in [1.54, 1.807) is 24.3 Å². The minimum absolute atomic E-state index is 0.00414. The van der Waals surface area contributed by atoms with E-state index in [2.05, 4.69) is 5.32 Å². The van der Waals surface area contributed by atoms with Crippen LogP contribution in [0.3, 0.4) is 0 Å². The number of amides is 1. The summed E-state index contributed by atoms with van der Waals surface area (Å²) in [7, 11) is 0. The molecular weight excluding hydrogens is 355 g/mol. The Morgan fingerprint density at radius 1 is 1.24 bits per heavy atom. The molecule has 0 unspecified atom stereocenters. The molecule has 0 aliphatic heterocycles. The predicted molar refractivity (Wildman–Crippen MR) is 91.7 cm³/mol. The fourth-order valence-corrected chi connectivity index (χ4v) is 2.30. The van der Waals surface area contributed by atoms with E-state index >= 15 is 0 Å². The number of rotatable bonds is 5. The van der Waals surface area contributed by atoms with Crippen molar-refractivity contribution in [2.45, 2.75) is 13.1 Å². The lowest BCUT2D eigenvalue weighted by molar-refractivity contribution is -0.137. The molecule has 132 valence electrons. The number of hydrogen-bond donors (Lipinski definition) is 1. The lowest BCUT2D eigenvalue weighted by atomic mass is 10.1. The van der Waals surface area contributed by atoms with E-state index in [4.69, 9.17) is 16.3 Å². The molecule has 0 aromatic heterocycles. The average Bonchev–Trinajstić information content (AvgIpc) is 2.55. The van der Waals surface area contributed by atoms with Crippen molar-refractivity contribution in [1.29, 1.82) is 0 Å². The van der Waals surface area contributed by atoms with Gasteiger partial charge in [0.25, 0.3) is 0 Å². The van der Waals surface area contributed by atoms with Gasteiger partial charge in [-0.25, -0.2) is 0 Å². The zero-order valence-electron chi connectivity index (χ0n) is 13.2. The quantitative estimate of drug-likeness (QED) is 0.716. The Bertz CT molecular complexity index is 788. The molecule has 0 aliphatic rings. The molecular formula is C18H15ClF3NO2. The Balaban J connectivity index is 2.13. The van der Waals surface area contributed by atoms with Gasteiger partial charge in [-0.15, -0.1) is 0 Å². The second-order valence-corrected chi connectivity index (χ2v) is 5.39. The third-order valence-electron chi connectivity index (χ3n) is 3.17. The molecule has 3 nitrogen and oxygen atoms in total. The Labute approximate surface area is 148 Å². The first-order valence-electron chi connectivity index (χ1n) is 7.39. The molecule has 0 fully saturated rings. The summed E-state index contributed by atoms with van der Waals surface area (Å²) in [6.45, 7) is 2.31. The summed E-state index contributed by atoms with van der Waals surface area (Å²) in [6, 6.07) is 10.3. The third-order valence-corrected chi connectivity index (χ3v) is 3.50. The summed E-state index contributed by atoms with van der Waals surface area (Å²) >= 11 is 5.55. The maximum Gasteiger partial charge on any atom is 0.417 e. The highest BCUT2D eigenvalue weighted by atomic mass is 35.5. The molecule has 2 aromatic carbocycles. The minimum atomic E-state index is -4.59. The number of alkyl halides is 3. The maximum absolute atomic E-state index is 12.8. The van der Waals surface area contributed by atoms with Crippen molar-refractivity contribution >= 4 is 29.3 Å². The predicted octanol–water partition coefficient (Wildman–Crippen LogP) is 5.41. The number of carbonyl (C=O) groups is 1. The van der Waals surface area contributed by atoms with E-state index in [0.29, 0.717) is 17.9 Å². The van der Waals surface area contributed by atoms with E-state index in [-0.39, 0.29) is 5.69 Å². The summed E-state index contributed by atoms with van der Waals surface area (Å²) in [4.78, 5) is 11.9. The SMILES string of the molecule is CCOc1ccccc1C=CC(=O)Nc1ccc(Cl)c(C(F)(F)F)c1. The fourth-order valence-electron chi connectivity index (χ4n) is 2.07. The minimum Gasteiger partial charge on any atom is -0.493 e. The van der Waals surface area contributed by atoms with Crippen LogP contribution in [0.5, 0.6) is 5.75 Å². The van der Waals surface area contributed by atoms with Crippen LogP contribution in [0.15, 0.2) is 48.5 Å². The van der Waals surface area contributed by atoms with E-state index in [9.17, 15) is 18.0 Å². The fraction of sp³-hybridized carbons (Fsp3) is 0.167. The number of ether oxygens (including phenoxy) is 1. The van der Waals surface area contributed by atoms with E-state index in [1.165, 1.54) is 18.2 Å². The molecule has 7 heteroatoms. The van der Waals surface area contributed by atoms with Gasteiger partial charge < -0.3 is 10.1 Å². The molecule has 1 N–H and O–H groups in total. The van der Waals surface area contributed by atoms with Crippen LogP contribution < -0.4 is 10.1 Å². The van der Waals surface area contributed by atoms with Crippen LogP contribution in [-0.2, 0) is 11.0 Å². The van der Waals surface area contributed by atoms with Crippen molar-refractivity contribution in [2.24, 2.45) is 0 Å². The van der Waals surface area contributed by atoms with E-state index in [0.717, 1.165) is 12.1 Å². The van der Waals surface area contributed by atoms with Gasteiger partial charge in [-0.2, -0.15) is 13.2 Å². The van der Waals surface area contributed by atoms with Crippen LogP contribution in [0.1, 0.15) is 18.1 Å². The standard InChI is InChI=1S/C18H15ClF3NO2/c1-2-25-16-6-4-3-5-12(16)7-10-17(24)23-13-8-9-15(19)14(11-13)18(20,21)22/h3-11H,2H2,1H3,(H,23,24). The van der Waals surface area contributed by atoms with Crippen LogP contribution in [0.4, 0.5) is 18.9 Å². The lowest BCUT2D eigenvalue weighted by Gasteiger charge is -2.11. The van der Waals surface area contributed by atoms with Crippen molar-refractivity contribution in [2.75, 3.05) is 11.9 Å². The van der Waals surface area contributed by atoms with Gasteiger partial charge in [-0.3, -0.25) is 4.79 Å². The summed E-state index contributed by atoms with van der Waals surface area (Å²) in [5, 5.41) is 1.95. The number of hydrogen-bond acceptors (Lipinski definition) is 2. The van der Waals surface area contributed by atoms with Crippen molar-refractivity contribution in [1.82, 2.24) is 0 Å². The first kappa shape index (κ1) is 18.9. The van der Waals surface area contributed by atoms with Gasteiger partial charge in [-0.1, -0.05) is 29.8 Å². The number of halogens is 4. The van der Waals surface area contributed by atoms with Crippen molar-refractivity contribution in [3.8, 4) is 5.75 Å². The van der Waals surface area contributed by atoms with Crippen LogP contribution in [0, 0.1) is 0 Å². The molecule has 0 bridgehead atoms. The Kier molecular flexibility index (Phi) is 6.09. The number of benzene rings is 2. The molecule has 2 rings (SSSR count). The van der Waals surface area contributed by atoms with E-state index < -0.39 is 22.7 Å². The van der Waals surface area contributed by atoms with Crippen LogP contribution in [0.2, 0.25) is 5.02 Å². The van der Waals surface area contributed by atoms with Crippen LogP contribution in [-0.4, -0.2) is 12.5 Å². The zero-order valence-corrected chi connectivity index (χ0v) is 14.0. The highest BCUT2D eigenvalue weighted by Gasteiger charge is 2.33. The second kappa shape index (κ2) is 8.07. The highest BCUT2D eigenvalue weighted by molar-refractivity contribution is 6.31. The van der Waals surface area contributed by atoms with Gasteiger partial charge in [-0.05, 0) is 37.3 Å². The summed E-state index contributed by atoms with van der Waals surface area (Å²) in [6.07, 6.45) is -1.84. The third kappa shape index (κ3) is 5.26. The smallest absolute Gasteiger partial charge is 0.417 e. The van der Waals surface area contributed by atoms with Gasteiger partial charge in [0.15, 0.2) is 0 Å². The first-order valence-corrected chi connectivity index (χ1v) is 7.76. The van der Waals surface area contributed by atoms with Gasteiger partial charge in [0, 0.05) is 17.3 Å². The summed E-state index contributed by atoms with van der Waals surface area (Å²) in [5.74, 6) is 0.0432. The first-order chi connectivity index (χ1) is 11.8. The van der Waals surface area contributed by atoms with Crippen molar-refractivity contribution < 1.29 is 22.7 Å². The molecule has 2 aromatic rings. The van der Waals surface area contributed by atoms with Gasteiger partial charge >= 0.3 is 6.18 Å². The second-order valence-electron chi connectivity index (χ2n) is 4.99. The molecule has 25 heavy (non-hydrogen) atoms. The van der Waals surface area contributed by atoms with Crippen LogP contribution in [0.25, 0.3) is 6.08 Å². The molecule has 0 saturated carbocycles.